The number of nitrogens with one attached hydrogen (secondary N) is 1. The molecule has 0 saturated heterocycles. The zero-order valence-corrected chi connectivity index (χ0v) is 13.2. The molecule has 7 heteroatoms. The van der Waals surface area contributed by atoms with Gasteiger partial charge >= 0.3 is 0 Å². The first-order chi connectivity index (χ1) is 12.1. The molecule has 126 valence electrons. The average Bonchev–Trinajstić information content (AvgIpc) is 2.65. The number of ketones is 1. The van der Waals surface area contributed by atoms with Crippen molar-refractivity contribution < 1.29 is 14.6 Å². The number of carbonyl (C=O) groups is 1. The van der Waals surface area contributed by atoms with Gasteiger partial charge in [-0.1, -0.05) is 36.4 Å². The topological polar surface area (TPSA) is 105 Å². The molecule has 2 heterocycles. The quantitative estimate of drug-likeness (QED) is 0.666. The van der Waals surface area contributed by atoms with E-state index in [0.29, 0.717) is 5.69 Å². The van der Waals surface area contributed by atoms with Crippen molar-refractivity contribution in [3.63, 3.8) is 0 Å². The molecule has 0 saturated carbocycles. The van der Waals surface area contributed by atoms with Crippen molar-refractivity contribution in [2.75, 3.05) is 6.61 Å². The number of pyridine rings is 1. The van der Waals surface area contributed by atoms with Gasteiger partial charge in [-0.25, -0.2) is 4.98 Å². The minimum Gasteiger partial charge on any atom is -0.501 e. The second kappa shape index (κ2) is 7.50. The number of aromatic hydroxyl groups is 1. The molecule has 0 unspecified atom stereocenters. The fraction of sp³-hybridized carbons (Fsp3) is 0.111. The molecule has 0 amide bonds. The van der Waals surface area contributed by atoms with E-state index in [1.54, 1.807) is 18.2 Å². The van der Waals surface area contributed by atoms with Crippen LogP contribution in [-0.2, 0) is 11.3 Å². The SMILES string of the molecule is O=C(COCc1ccccc1)c1nc(-c2ccccn2)[nH]c(=O)c1O. The summed E-state index contributed by atoms with van der Waals surface area (Å²) in [4.78, 5) is 34.6. The molecule has 1 aromatic carbocycles. The monoisotopic (exact) mass is 337 g/mol. The fourth-order valence-electron chi connectivity index (χ4n) is 2.19. The largest absolute Gasteiger partial charge is 0.501 e. The lowest BCUT2D eigenvalue weighted by Gasteiger charge is -2.07. The molecule has 0 atom stereocenters. The van der Waals surface area contributed by atoms with Crippen LogP contribution in [0.2, 0.25) is 0 Å². The number of carbonyl (C=O) groups excluding carboxylic acids is 1. The van der Waals surface area contributed by atoms with Gasteiger partial charge < -0.3 is 14.8 Å². The predicted octanol–water partition coefficient (Wildman–Crippen LogP) is 1.94. The second-order valence-electron chi connectivity index (χ2n) is 5.23. The minimum atomic E-state index is -0.804. The van der Waals surface area contributed by atoms with E-state index in [1.807, 2.05) is 30.3 Å². The molecule has 2 N–H and O–H groups in total. The lowest BCUT2D eigenvalue weighted by Crippen LogP contribution is -2.18. The molecule has 0 aliphatic carbocycles. The van der Waals surface area contributed by atoms with Gasteiger partial charge in [-0.3, -0.25) is 14.6 Å². The van der Waals surface area contributed by atoms with Crippen molar-refractivity contribution in [3.05, 3.63) is 76.3 Å². The van der Waals surface area contributed by atoms with Crippen molar-refractivity contribution >= 4 is 5.78 Å². The van der Waals surface area contributed by atoms with Gasteiger partial charge in [-0.15, -0.1) is 0 Å². The number of hydrogen-bond acceptors (Lipinski definition) is 6. The third-order valence-electron chi connectivity index (χ3n) is 3.41. The van der Waals surface area contributed by atoms with E-state index in [9.17, 15) is 14.7 Å². The number of rotatable bonds is 6. The molecule has 0 fully saturated rings. The summed E-state index contributed by atoms with van der Waals surface area (Å²) >= 11 is 0. The molecule has 7 nitrogen and oxygen atoms in total. The Morgan fingerprint density at radius 2 is 1.88 bits per heavy atom. The standard InChI is InChI=1S/C18H15N3O4/c22-14(11-25-10-12-6-2-1-3-7-12)15-16(23)18(24)21-17(20-15)13-8-4-5-9-19-13/h1-9,23H,10-11H2,(H,20,21,24). The molecule has 3 rings (SSSR count). The van der Waals surface area contributed by atoms with Gasteiger partial charge in [0.05, 0.1) is 6.61 Å². The Balaban J connectivity index is 1.77. The lowest BCUT2D eigenvalue weighted by molar-refractivity contribution is 0.0718. The molecule has 25 heavy (non-hydrogen) atoms. The summed E-state index contributed by atoms with van der Waals surface area (Å²) in [5.41, 5.74) is 0.158. The van der Waals surface area contributed by atoms with Crippen LogP contribution in [0.25, 0.3) is 11.5 Å². The molecule has 0 aliphatic heterocycles. The highest BCUT2D eigenvalue weighted by atomic mass is 16.5. The van der Waals surface area contributed by atoms with Crippen LogP contribution in [0.3, 0.4) is 0 Å². The highest BCUT2D eigenvalue weighted by Gasteiger charge is 2.19. The Labute approximate surface area is 143 Å². The van der Waals surface area contributed by atoms with Crippen LogP contribution in [0.4, 0.5) is 0 Å². The molecular formula is C18H15N3O4. The van der Waals surface area contributed by atoms with E-state index >= 15 is 0 Å². The van der Waals surface area contributed by atoms with E-state index in [1.165, 1.54) is 6.20 Å². The Morgan fingerprint density at radius 3 is 2.60 bits per heavy atom. The van der Waals surface area contributed by atoms with Crippen molar-refractivity contribution in [1.29, 1.82) is 0 Å². The Bertz CT molecular complexity index is 924. The van der Waals surface area contributed by atoms with Crippen molar-refractivity contribution in [2.24, 2.45) is 0 Å². The van der Waals surface area contributed by atoms with Crippen LogP contribution in [0.1, 0.15) is 16.1 Å². The Morgan fingerprint density at radius 1 is 1.12 bits per heavy atom. The van der Waals surface area contributed by atoms with Gasteiger partial charge in [0, 0.05) is 6.20 Å². The first-order valence-corrected chi connectivity index (χ1v) is 7.54. The van der Waals surface area contributed by atoms with Gasteiger partial charge in [-0.2, -0.15) is 0 Å². The highest BCUT2D eigenvalue weighted by molar-refractivity contribution is 5.97. The molecule has 2 aromatic heterocycles. The van der Waals surface area contributed by atoms with Gasteiger partial charge in [0.2, 0.25) is 11.5 Å². The van der Waals surface area contributed by atoms with Crippen molar-refractivity contribution in [2.45, 2.75) is 6.61 Å². The molecule has 0 radical (unpaired) electrons. The van der Waals surface area contributed by atoms with Crippen molar-refractivity contribution in [1.82, 2.24) is 15.0 Å². The molecule has 0 bridgehead atoms. The maximum atomic E-state index is 12.3. The third-order valence-corrected chi connectivity index (χ3v) is 3.41. The van der Waals surface area contributed by atoms with E-state index < -0.39 is 17.1 Å². The number of aromatic nitrogens is 3. The summed E-state index contributed by atoms with van der Waals surface area (Å²) in [5.74, 6) is -1.21. The van der Waals surface area contributed by atoms with Gasteiger partial charge in [0.15, 0.2) is 11.5 Å². The summed E-state index contributed by atoms with van der Waals surface area (Å²) in [6.07, 6.45) is 1.53. The number of aromatic amines is 1. The maximum Gasteiger partial charge on any atom is 0.294 e. The number of H-pyrrole nitrogens is 1. The molecular weight excluding hydrogens is 322 g/mol. The van der Waals surface area contributed by atoms with Crippen LogP contribution in [0, 0.1) is 0 Å². The van der Waals surface area contributed by atoms with Crippen LogP contribution in [-0.4, -0.2) is 32.4 Å². The highest BCUT2D eigenvalue weighted by Crippen LogP contribution is 2.15. The molecule has 0 aliphatic rings. The number of Topliss-reactive ketones (excluding diaryl/α,β-unsaturated/α-hetero) is 1. The normalized spacial score (nSPS) is 10.6. The van der Waals surface area contributed by atoms with Crippen LogP contribution in [0.15, 0.2) is 59.5 Å². The van der Waals surface area contributed by atoms with Gasteiger partial charge in [-0.05, 0) is 17.7 Å². The van der Waals surface area contributed by atoms with Crippen LogP contribution >= 0.6 is 0 Å². The zero-order valence-electron chi connectivity index (χ0n) is 13.2. The third kappa shape index (κ3) is 3.96. The van der Waals surface area contributed by atoms with E-state index in [-0.39, 0.29) is 24.7 Å². The second-order valence-corrected chi connectivity index (χ2v) is 5.23. The zero-order chi connectivity index (χ0) is 17.6. The summed E-state index contributed by atoms with van der Waals surface area (Å²) < 4.78 is 5.35. The fourth-order valence-corrected chi connectivity index (χ4v) is 2.19. The summed E-state index contributed by atoms with van der Waals surface area (Å²) in [5, 5.41) is 9.85. The number of nitrogens with zero attached hydrogens (tertiary/aromatic N) is 2. The first kappa shape index (κ1) is 16.5. The van der Waals surface area contributed by atoms with Crippen LogP contribution in [0.5, 0.6) is 5.75 Å². The van der Waals surface area contributed by atoms with Crippen LogP contribution < -0.4 is 5.56 Å². The van der Waals surface area contributed by atoms with E-state index in [0.717, 1.165) is 5.56 Å². The maximum absolute atomic E-state index is 12.3. The van der Waals surface area contributed by atoms with E-state index in [2.05, 4.69) is 15.0 Å². The molecule has 0 spiro atoms. The van der Waals surface area contributed by atoms with Gasteiger partial charge in [0.25, 0.3) is 5.56 Å². The summed E-state index contributed by atoms with van der Waals surface area (Å²) in [7, 11) is 0. The average molecular weight is 337 g/mol. The predicted molar refractivity (Wildman–Crippen MR) is 90.2 cm³/mol. The number of hydrogen-bond donors (Lipinski definition) is 2. The summed E-state index contributed by atoms with van der Waals surface area (Å²) in [6.45, 7) is -0.0653. The molecule has 3 aromatic rings. The van der Waals surface area contributed by atoms with Crippen molar-refractivity contribution in [3.8, 4) is 17.3 Å². The minimum absolute atomic E-state index is 0.106. The summed E-state index contributed by atoms with van der Waals surface area (Å²) in [6, 6.07) is 14.4. The smallest absolute Gasteiger partial charge is 0.294 e. The first-order valence-electron chi connectivity index (χ1n) is 7.54. The number of ether oxygens (including phenoxy) is 1. The Kier molecular flexibility index (Phi) is 4.96. The number of benzene rings is 1. The van der Waals surface area contributed by atoms with Gasteiger partial charge in [0.1, 0.15) is 12.3 Å². The van der Waals surface area contributed by atoms with E-state index in [4.69, 9.17) is 4.74 Å². The Hall–Kier alpha value is -3.32. The lowest BCUT2D eigenvalue weighted by atomic mass is 10.2.